The van der Waals surface area contributed by atoms with Crippen molar-refractivity contribution in [3.63, 3.8) is 0 Å². The van der Waals surface area contributed by atoms with Crippen molar-refractivity contribution in [2.75, 3.05) is 18.0 Å². The number of carbonyl (C=O) groups excluding carboxylic acids is 2. The summed E-state index contributed by atoms with van der Waals surface area (Å²) in [5.41, 5.74) is 6.37. The van der Waals surface area contributed by atoms with E-state index in [1.165, 1.54) is 53.8 Å². The number of aromatic nitrogens is 1. The molecule has 2 aromatic heterocycles. The standard InChI is InChI=1S/C29H29ClN4O2S.CH2O2/c30-17-9-22(20-4-7-31-24-11-19(37-28(20)24)15-34-25(35)2-3-26(34)36)27-23(10-17)21-8-16(21)14-33(27)18-12-29(32-13-18)5-1-6-29;2-1-3/h4,7,9-11,16,18,21,32H,1-3,5-6,8,12-15H2;1H,(H,2,3)/t16-,18-,21-;/m1./s1. The molecule has 2 saturated heterocycles. The minimum absolute atomic E-state index is 0.0800. The molecule has 0 unspecified atom stereocenters. The van der Waals surface area contributed by atoms with Gasteiger partial charge >= 0.3 is 0 Å². The quantitative estimate of drug-likeness (QED) is 0.325. The number of nitrogens with zero attached hydrogens (tertiary/aromatic N) is 3. The third-order valence-electron chi connectivity index (χ3n) is 9.46. The molecular formula is C30H31ClN4O4S. The van der Waals surface area contributed by atoms with Crippen LogP contribution in [0.3, 0.4) is 0 Å². The third kappa shape index (κ3) is 4.30. The minimum Gasteiger partial charge on any atom is -0.483 e. The second-order valence-corrected chi connectivity index (χ2v) is 13.4. The Morgan fingerprint density at radius 1 is 1.18 bits per heavy atom. The number of hydrogen-bond acceptors (Lipinski definition) is 7. The van der Waals surface area contributed by atoms with E-state index in [9.17, 15) is 9.59 Å². The van der Waals surface area contributed by atoms with Gasteiger partial charge in [-0.15, -0.1) is 11.3 Å². The van der Waals surface area contributed by atoms with Crippen LogP contribution in [0.2, 0.25) is 5.02 Å². The van der Waals surface area contributed by atoms with Gasteiger partial charge in [0.1, 0.15) is 0 Å². The lowest BCUT2D eigenvalue weighted by Gasteiger charge is -2.41. The monoisotopic (exact) mass is 578 g/mol. The molecule has 2 amide bonds. The van der Waals surface area contributed by atoms with E-state index in [0.717, 1.165) is 44.7 Å². The van der Waals surface area contributed by atoms with Crippen LogP contribution < -0.4 is 10.2 Å². The molecule has 1 aromatic carbocycles. The van der Waals surface area contributed by atoms with Gasteiger partial charge in [-0.3, -0.25) is 24.3 Å². The van der Waals surface area contributed by atoms with Crippen molar-refractivity contribution >= 4 is 57.1 Å². The Kier molecular flexibility index (Phi) is 6.36. The number of pyridine rings is 1. The summed E-state index contributed by atoms with van der Waals surface area (Å²) in [7, 11) is 0. The summed E-state index contributed by atoms with van der Waals surface area (Å²) < 4.78 is 1.10. The molecule has 0 radical (unpaired) electrons. The van der Waals surface area contributed by atoms with Gasteiger partial charge in [0.05, 0.1) is 16.8 Å². The molecule has 1 spiro atoms. The van der Waals surface area contributed by atoms with Crippen molar-refractivity contribution in [3.05, 3.63) is 45.9 Å². The molecule has 2 aliphatic carbocycles. The molecular weight excluding hydrogens is 548 g/mol. The lowest BCUT2D eigenvalue weighted by atomic mass is 9.75. The first-order valence-electron chi connectivity index (χ1n) is 14.0. The Morgan fingerprint density at radius 2 is 1.95 bits per heavy atom. The fraction of sp³-hybridized carbons (Fsp3) is 0.467. The lowest BCUT2D eigenvalue weighted by Crippen LogP contribution is -2.46. The number of rotatable bonds is 4. The first-order valence-corrected chi connectivity index (χ1v) is 15.2. The third-order valence-corrected chi connectivity index (χ3v) is 10.8. The van der Waals surface area contributed by atoms with E-state index in [1.54, 1.807) is 11.3 Å². The number of nitrogens with one attached hydrogen (secondary N) is 1. The number of hydrogen-bond donors (Lipinski definition) is 2. The number of likely N-dealkylation sites (tertiary alicyclic amines) is 1. The maximum absolute atomic E-state index is 12.2. The van der Waals surface area contributed by atoms with Crippen molar-refractivity contribution < 1.29 is 19.5 Å². The summed E-state index contributed by atoms with van der Waals surface area (Å²) in [5, 5.41) is 11.6. The Morgan fingerprint density at radius 3 is 2.65 bits per heavy atom. The van der Waals surface area contributed by atoms with Crippen molar-refractivity contribution in [1.82, 2.24) is 15.2 Å². The summed E-state index contributed by atoms with van der Waals surface area (Å²) in [4.78, 5) is 42.6. The summed E-state index contributed by atoms with van der Waals surface area (Å²) in [5.74, 6) is 1.18. The average molecular weight is 579 g/mol. The van der Waals surface area contributed by atoms with Crippen LogP contribution in [0.5, 0.6) is 0 Å². The molecule has 2 saturated carbocycles. The topological polar surface area (TPSA) is 103 Å². The summed E-state index contributed by atoms with van der Waals surface area (Å²) >= 11 is 8.42. The van der Waals surface area contributed by atoms with Gasteiger partial charge in [-0.1, -0.05) is 11.6 Å². The van der Waals surface area contributed by atoms with Gasteiger partial charge in [-0.05, 0) is 73.8 Å². The van der Waals surface area contributed by atoms with Crippen LogP contribution in [-0.4, -0.2) is 57.9 Å². The number of imide groups is 1. The van der Waals surface area contributed by atoms with Crippen molar-refractivity contribution in [2.45, 2.75) is 69.0 Å². The first-order chi connectivity index (χ1) is 19.4. The summed E-state index contributed by atoms with van der Waals surface area (Å²) in [6, 6.07) is 9.00. The van der Waals surface area contributed by atoms with Crippen molar-refractivity contribution in [1.29, 1.82) is 0 Å². The van der Waals surface area contributed by atoms with Gasteiger partial charge in [0.15, 0.2) is 0 Å². The highest BCUT2D eigenvalue weighted by Crippen LogP contribution is 2.59. The molecule has 8 rings (SSSR count). The summed E-state index contributed by atoms with van der Waals surface area (Å²) in [6.07, 6.45) is 8.92. The van der Waals surface area contributed by atoms with Gasteiger partial charge in [-0.25, -0.2) is 0 Å². The van der Waals surface area contributed by atoms with Crippen LogP contribution in [-0.2, 0) is 20.9 Å². The van der Waals surface area contributed by atoms with E-state index < -0.39 is 0 Å². The Balaban J connectivity index is 0.000000846. The van der Waals surface area contributed by atoms with E-state index in [2.05, 4.69) is 33.4 Å². The van der Waals surface area contributed by atoms with Crippen LogP contribution in [0.1, 0.15) is 61.3 Å². The van der Waals surface area contributed by atoms with E-state index >= 15 is 0 Å². The molecule has 3 aliphatic heterocycles. The molecule has 10 heteroatoms. The molecule has 2 N–H and O–H groups in total. The van der Waals surface area contributed by atoms with E-state index in [-0.39, 0.29) is 18.3 Å². The average Bonchev–Trinajstić information content (AvgIpc) is 3.22. The zero-order chi connectivity index (χ0) is 27.6. The first kappa shape index (κ1) is 25.9. The molecule has 3 atom stereocenters. The fourth-order valence-corrected chi connectivity index (χ4v) is 8.66. The predicted octanol–water partition coefficient (Wildman–Crippen LogP) is 5.17. The number of thiophene rings is 1. The van der Waals surface area contributed by atoms with Crippen LogP contribution in [0, 0.1) is 5.92 Å². The predicted molar refractivity (Wildman–Crippen MR) is 155 cm³/mol. The maximum atomic E-state index is 12.2. The number of halogens is 1. The molecule has 8 nitrogen and oxygen atoms in total. The van der Waals surface area contributed by atoms with E-state index in [0.29, 0.717) is 36.9 Å². The number of carboxylic acid groups (broad SMARTS) is 1. The highest BCUT2D eigenvalue weighted by Gasteiger charge is 2.51. The van der Waals surface area contributed by atoms with Gasteiger partial charge < -0.3 is 15.3 Å². The van der Waals surface area contributed by atoms with Gasteiger partial charge in [0.25, 0.3) is 6.47 Å². The maximum Gasteiger partial charge on any atom is 0.290 e. The molecule has 40 heavy (non-hydrogen) atoms. The molecule has 0 bridgehead atoms. The molecule has 208 valence electrons. The van der Waals surface area contributed by atoms with Gasteiger partial charge in [0.2, 0.25) is 11.8 Å². The smallest absolute Gasteiger partial charge is 0.290 e. The molecule has 5 aliphatic rings. The number of anilines is 1. The van der Waals surface area contributed by atoms with Crippen LogP contribution >= 0.6 is 22.9 Å². The van der Waals surface area contributed by atoms with Gasteiger partial charge in [0, 0.05) is 70.4 Å². The zero-order valence-electron chi connectivity index (χ0n) is 22.1. The second kappa shape index (κ2) is 9.82. The minimum atomic E-state index is -0.250. The van der Waals surface area contributed by atoms with Crippen LogP contribution in [0.15, 0.2) is 30.5 Å². The molecule has 4 fully saturated rings. The number of amides is 2. The second-order valence-electron chi connectivity index (χ2n) is 11.8. The highest BCUT2D eigenvalue weighted by molar-refractivity contribution is 7.19. The van der Waals surface area contributed by atoms with Crippen molar-refractivity contribution in [3.8, 4) is 11.1 Å². The van der Waals surface area contributed by atoms with E-state index in [4.69, 9.17) is 21.5 Å². The summed E-state index contributed by atoms with van der Waals surface area (Å²) in [6.45, 7) is 2.25. The Hall–Kier alpha value is -3.01. The Labute approximate surface area is 241 Å². The normalized spacial score (nSPS) is 25.9. The fourth-order valence-electron chi connectivity index (χ4n) is 7.30. The molecule has 3 aromatic rings. The number of carbonyl (C=O) groups is 3. The SMILES string of the molecule is O=C1CCC(=O)N1Cc1cc2nccc(-c3cc(Cl)cc4c3N([C@H]3CNC5(CCC5)C3)C[C@H]3C[C@@H]43)c2s1.O=CO. The van der Waals surface area contributed by atoms with E-state index in [1.807, 2.05) is 12.3 Å². The largest absolute Gasteiger partial charge is 0.483 e. The Bertz CT molecular complexity index is 1520. The van der Waals surface area contributed by atoms with Crippen LogP contribution in [0.25, 0.3) is 21.3 Å². The highest BCUT2D eigenvalue weighted by atomic mass is 35.5. The van der Waals surface area contributed by atoms with Gasteiger partial charge in [-0.2, -0.15) is 0 Å². The zero-order valence-corrected chi connectivity index (χ0v) is 23.6. The number of benzene rings is 1. The number of fused-ring (bicyclic) bond motifs is 4. The van der Waals surface area contributed by atoms with Crippen LogP contribution in [0.4, 0.5) is 5.69 Å². The lowest BCUT2D eigenvalue weighted by molar-refractivity contribution is -0.139. The molecule has 5 heterocycles. The van der Waals surface area contributed by atoms with Crippen molar-refractivity contribution in [2.24, 2.45) is 5.92 Å².